The van der Waals surface area contributed by atoms with Crippen LogP contribution >= 0.6 is 11.6 Å². The van der Waals surface area contributed by atoms with Crippen molar-refractivity contribution in [3.05, 3.63) is 59.1 Å². The lowest BCUT2D eigenvalue weighted by atomic mass is 10.2. The largest absolute Gasteiger partial charge is 0.496 e. The highest BCUT2D eigenvalue weighted by molar-refractivity contribution is 7.88. The standard InChI is InChI=1S/C16H17ClN2O4S/c1-23-15-8-7-13(17)9-12(15)11-24(21,22)18-10-16(20)19-14-5-3-2-4-6-14/h2-9,18H,10-11H2,1H3,(H,19,20). The van der Waals surface area contributed by atoms with Crippen LogP contribution in [0.3, 0.4) is 0 Å². The van der Waals surface area contributed by atoms with Gasteiger partial charge in [0.15, 0.2) is 0 Å². The van der Waals surface area contributed by atoms with Gasteiger partial charge in [0.25, 0.3) is 0 Å². The van der Waals surface area contributed by atoms with Gasteiger partial charge in [0.2, 0.25) is 15.9 Å². The van der Waals surface area contributed by atoms with Crippen molar-refractivity contribution in [2.24, 2.45) is 0 Å². The molecular weight excluding hydrogens is 352 g/mol. The number of amides is 1. The monoisotopic (exact) mass is 368 g/mol. The number of para-hydroxylation sites is 1. The second-order valence-corrected chi connectivity index (χ2v) is 7.19. The SMILES string of the molecule is COc1ccc(Cl)cc1CS(=O)(=O)NCC(=O)Nc1ccccc1. The zero-order valence-corrected chi connectivity index (χ0v) is 14.5. The number of methoxy groups -OCH3 is 1. The molecule has 0 saturated heterocycles. The lowest BCUT2D eigenvalue weighted by Crippen LogP contribution is -2.33. The van der Waals surface area contributed by atoms with E-state index in [0.717, 1.165) is 0 Å². The molecule has 0 saturated carbocycles. The van der Waals surface area contributed by atoms with Crippen LogP contribution in [0.1, 0.15) is 5.56 Å². The number of hydrogen-bond acceptors (Lipinski definition) is 4. The van der Waals surface area contributed by atoms with Crippen molar-refractivity contribution in [3.8, 4) is 5.75 Å². The van der Waals surface area contributed by atoms with Gasteiger partial charge in [-0.15, -0.1) is 0 Å². The number of halogens is 1. The van der Waals surface area contributed by atoms with Gasteiger partial charge in [0, 0.05) is 16.3 Å². The highest BCUT2D eigenvalue weighted by atomic mass is 35.5. The Morgan fingerprint density at radius 2 is 1.88 bits per heavy atom. The van der Waals surface area contributed by atoms with E-state index in [4.69, 9.17) is 16.3 Å². The molecule has 1 amide bonds. The van der Waals surface area contributed by atoms with E-state index < -0.39 is 15.9 Å². The van der Waals surface area contributed by atoms with Crippen LogP contribution in [0.15, 0.2) is 48.5 Å². The third kappa shape index (κ3) is 5.52. The molecule has 0 heterocycles. The van der Waals surface area contributed by atoms with Crippen LogP contribution in [0.2, 0.25) is 5.02 Å². The molecule has 0 aliphatic carbocycles. The average Bonchev–Trinajstić information content (AvgIpc) is 2.54. The molecule has 0 unspecified atom stereocenters. The fourth-order valence-corrected chi connectivity index (χ4v) is 3.30. The number of ether oxygens (including phenoxy) is 1. The first-order chi connectivity index (χ1) is 11.4. The van der Waals surface area contributed by atoms with E-state index >= 15 is 0 Å². The number of sulfonamides is 1. The summed E-state index contributed by atoms with van der Waals surface area (Å²) < 4.78 is 31.7. The van der Waals surface area contributed by atoms with Crippen molar-refractivity contribution >= 4 is 33.2 Å². The van der Waals surface area contributed by atoms with E-state index in [2.05, 4.69) is 10.0 Å². The van der Waals surface area contributed by atoms with Crippen molar-refractivity contribution < 1.29 is 17.9 Å². The van der Waals surface area contributed by atoms with Gasteiger partial charge < -0.3 is 10.1 Å². The summed E-state index contributed by atoms with van der Waals surface area (Å²) in [5, 5.41) is 3.00. The predicted octanol–water partition coefficient (Wildman–Crippen LogP) is 2.41. The maximum Gasteiger partial charge on any atom is 0.239 e. The van der Waals surface area contributed by atoms with Crippen molar-refractivity contribution in [1.29, 1.82) is 0 Å². The minimum absolute atomic E-state index is 0.338. The van der Waals surface area contributed by atoms with E-state index in [1.807, 2.05) is 6.07 Å². The molecule has 128 valence electrons. The third-order valence-corrected chi connectivity index (χ3v) is 4.61. The minimum atomic E-state index is -3.72. The Labute approximate surface area is 145 Å². The Morgan fingerprint density at radius 3 is 2.54 bits per heavy atom. The zero-order chi connectivity index (χ0) is 17.6. The van der Waals surface area contributed by atoms with Gasteiger partial charge in [-0.2, -0.15) is 0 Å². The Bertz CT molecular complexity index is 810. The summed E-state index contributed by atoms with van der Waals surface area (Å²) in [6.07, 6.45) is 0. The molecule has 0 bridgehead atoms. The molecule has 24 heavy (non-hydrogen) atoms. The molecule has 0 aliphatic rings. The van der Waals surface area contributed by atoms with Gasteiger partial charge in [-0.1, -0.05) is 29.8 Å². The topological polar surface area (TPSA) is 84.5 Å². The first-order valence-electron chi connectivity index (χ1n) is 7.04. The number of rotatable bonds is 7. The smallest absolute Gasteiger partial charge is 0.239 e. The summed E-state index contributed by atoms with van der Waals surface area (Å²) >= 11 is 5.89. The van der Waals surface area contributed by atoms with E-state index in [1.54, 1.807) is 36.4 Å². The number of carbonyl (C=O) groups excluding carboxylic acids is 1. The van der Waals surface area contributed by atoms with Crippen LogP contribution in [0.25, 0.3) is 0 Å². The van der Waals surface area contributed by atoms with Gasteiger partial charge in [-0.25, -0.2) is 13.1 Å². The van der Waals surface area contributed by atoms with Gasteiger partial charge in [0.05, 0.1) is 19.4 Å². The first-order valence-corrected chi connectivity index (χ1v) is 9.07. The van der Waals surface area contributed by atoms with Gasteiger partial charge in [-0.3, -0.25) is 4.79 Å². The number of hydrogen-bond donors (Lipinski definition) is 2. The molecule has 0 atom stereocenters. The number of nitrogens with one attached hydrogen (secondary N) is 2. The summed E-state index contributed by atoms with van der Waals surface area (Å²) in [6, 6.07) is 13.5. The fraction of sp³-hybridized carbons (Fsp3) is 0.188. The number of carbonyl (C=O) groups is 1. The molecule has 0 aliphatic heterocycles. The highest BCUT2D eigenvalue weighted by Crippen LogP contribution is 2.24. The second-order valence-electron chi connectivity index (χ2n) is 4.95. The van der Waals surface area contributed by atoms with E-state index in [-0.39, 0.29) is 12.3 Å². The zero-order valence-electron chi connectivity index (χ0n) is 13.0. The lowest BCUT2D eigenvalue weighted by molar-refractivity contribution is -0.115. The highest BCUT2D eigenvalue weighted by Gasteiger charge is 2.16. The molecule has 0 aromatic heterocycles. The quantitative estimate of drug-likeness (QED) is 0.786. The van der Waals surface area contributed by atoms with E-state index in [0.29, 0.717) is 22.0 Å². The molecule has 2 aromatic carbocycles. The molecule has 2 rings (SSSR count). The summed E-state index contributed by atoms with van der Waals surface area (Å²) in [4.78, 5) is 11.8. The van der Waals surface area contributed by atoms with Crippen LogP contribution in [0.5, 0.6) is 5.75 Å². The molecule has 6 nitrogen and oxygen atoms in total. The Balaban J connectivity index is 1.96. The fourth-order valence-electron chi connectivity index (χ4n) is 2.02. The summed E-state index contributed by atoms with van der Waals surface area (Å²) in [7, 11) is -2.28. The van der Waals surface area contributed by atoms with Crippen molar-refractivity contribution in [2.75, 3.05) is 19.0 Å². The number of anilines is 1. The normalized spacial score (nSPS) is 11.1. The Hall–Kier alpha value is -2.09. The Kier molecular flexibility index (Phi) is 6.19. The maximum atomic E-state index is 12.1. The molecule has 0 fully saturated rings. The van der Waals surface area contributed by atoms with Crippen LogP contribution in [-0.2, 0) is 20.6 Å². The van der Waals surface area contributed by atoms with Crippen molar-refractivity contribution in [1.82, 2.24) is 4.72 Å². The van der Waals surface area contributed by atoms with Gasteiger partial charge in [0.1, 0.15) is 5.75 Å². The molecule has 2 N–H and O–H groups in total. The third-order valence-electron chi connectivity index (χ3n) is 3.10. The molecule has 2 aromatic rings. The molecular formula is C16H17ClN2O4S. The van der Waals surface area contributed by atoms with Crippen molar-refractivity contribution in [3.63, 3.8) is 0 Å². The van der Waals surface area contributed by atoms with Crippen molar-refractivity contribution in [2.45, 2.75) is 5.75 Å². The first kappa shape index (κ1) is 18.3. The van der Waals surface area contributed by atoms with Crippen LogP contribution in [0, 0.1) is 0 Å². The van der Waals surface area contributed by atoms with E-state index in [9.17, 15) is 13.2 Å². The van der Waals surface area contributed by atoms with Crippen LogP contribution in [0.4, 0.5) is 5.69 Å². The summed E-state index contributed by atoms with van der Waals surface area (Å²) in [6.45, 7) is -0.361. The molecule has 8 heteroatoms. The molecule has 0 spiro atoms. The lowest BCUT2D eigenvalue weighted by Gasteiger charge is -2.11. The van der Waals surface area contributed by atoms with Gasteiger partial charge in [-0.05, 0) is 30.3 Å². The van der Waals surface area contributed by atoms with Crippen LogP contribution in [-0.4, -0.2) is 28.0 Å². The second kappa shape index (κ2) is 8.14. The predicted molar refractivity (Wildman–Crippen MR) is 93.7 cm³/mol. The minimum Gasteiger partial charge on any atom is -0.496 e. The van der Waals surface area contributed by atoms with E-state index in [1.165, 1.54) is 13.2 Å². The van der Waals surface area contributed by atoms with Crippen LogP contribution < -0.4 is 14.8 Å². The average molecular weight is 369 g/mol. The maximum absolute atomic E-state index is 12.1. The molecule has 0 radical (unpaired) electrons. The summed E-state index contributed by atoms with van der Waals surface area (Å²) in [5.41, 5.74) is 1.01. The summed E-state index contributed by atoms with van der Waals surface area (Å²) in [5.74, 6) is -0.378. The van der Waals surface area contributed by atoms with Gasteiger partial charge >= 0.3 is 0 Å². The number of benzene rings is 2. The Morgan fingerprint density at radius 1 is 1.17 bits per heavy atom.